The predicted molar refractivity (Wildman–Crippen MR) is 98.4 cm³/mol. The molecule has 6 heteroatoms. The molecule has 132 valence electrons. The molecular weight excluding hydrogens is 314 g/mol. The van der Waals surface area contributed by atoms with Gasteiger partial charge in [0.25, 0.3) is 0 Å². The van der Waals surface area contributed by atoms with Crippen molar-refractivity contribution in [3.63, 3.8) is 0 Å². The summed E-state index contributed by atoms with van der Waals surface area (Å²) < 4.78 is 3.90. The highest BCUT2D eigenvalue weighted by molar-refractivity contribution is 5.82. The van der Waals surface area contributed by atoms with Gasteiger partial charge in [-0.25, -0.2) is 0 Å². The van der Waals surface area contributed by atoms with E-state index in [1.807, 2.05) is 34.6 Å². The van der Waals surface area contributed by atoms with Crippen LogP contribution in [0.25, 0.3) is 10.9 Å². The van der Waals surface area contributed by atoms with Gasteiger partial charge in [0, 0.05) is 30.6 Å². The fourth-order valence-electron chi connectivity index (χ4n) is 3.15. The first kappa shape index (κ1) is 17.2. The number of fused-ring (bicyclic) bond motifs is 1. The lowest BCUT2D eigenvalue weighted by Gasteiger charge is -2.08. The van der Waals surface area contributed by atoms with E-state index >= 15 is 0 Å². The highest BCUT2D eigenvalue weighted by Crippen LogP contribution is 2.17. The lowest BCUT2D eigenvalue weighted by molar-refractivity contribution is -0.121. The Morgan fingerprint density at radius 1 is 1.16 bits per heavy atom. The fourth-order valence-corrected chi connectivity index (χ4v) is 3.15. The normalized spacial score (nSPS) is 11.2. The van der Waals surface area contributed by atoms with Crippen LogP contribution in [0.5, 0.6) is 0 Å². The molecule has 1 N–H and O–H groups in total. The molecule has 0 aliphatic heterocycles. The summed E-state index contributed by atoms with van der Waals surface area (Å²) in [6.45, 7) is 8.19. The number of carbonyl (C=O) groups is 1. The van der Waals surface area contributed by atoms with Gasteiger partial charge in [0.2, 0.25) is 5.91 Å². The second kappa shape index (κ2) is 7.51. The van der Waals surface area contributed by atoms with Crippen LogP contribution in [0.2, 0.25) is 0 Å². The van der Waals surface area contributed by atoms with E-state index < -0.39 is 0 Å². The topological polar surface area (TPSA) is 64.7 Å². The van der Waals surface area contributed by atoms with E-state index in [0.29, 0.717) is 19.5 Å². The van der Waals surface area contributed by atoms with Crippen molar-refractivity contribution in [1.29, 1.82) is 0 Å². The standard InChI is InChI=1S/C19H25N5O/c1-14-6-4-7-17-13-21-24(19(14)17)11-8-18(25)20-9-5-10-23-16(3)12-15(2)22-23/h4,6-7,12-13H,5,8-11H2,1-3H3,(H,20,25). The Balaban J connectivity index is 1.44. The number of benzene rings is 1. The van der Waals surface area contributed by atoms with Crippen LogP contribution in [0.3, 0.4) is 0 Å². The minimum atomic E-state index is 0.0607. The molecule has 0 atom stereocenters. The first-order chi connectivity index (χ1) is 12.0. The Kier molecular flexibility index (Phi) is 5.16. The number of carbonyl (C=O) groups excluding carboxylic acids is 1. The monoisotopic (exact) mass is 339 g/mol. The highest BCUT2D eigenvalue weighted by atomic mass is 16.1. The molecule has 1 aromatic carbocycles. The largest absolute Gasteiger partial charge is 0.356 e. The maximum absolute atomic E-state index is 12.1. The molecule has 3 rings (SSSR count). The number of rotatable bonds is 7. The van der Waals surface area contributed by atoms with Gasteiger partial charge in [-0.2, -0.15) is 10.2 Å². The number of aromatic nitrogens is 4. The molecule has 1 amide bonds. The van der Waals surface area contributed by atoms with Crippen molar-refractivity contribution in [3.8, 4) is 0 Å². The maximum Gasteiger partial charge on any atom is 0.221 e. The number of hydrogen-bond donors (Lipinski definition) is 1. The lowest BCUT2D eigenvalue weighted by Crippen LogP contribution is -2.26. The zero-order chi connectivity index (χ0) is 17.8. The van der Waals surface area contributed by atoms with E-state index in [9.17, 15) is 4.79 Å². The van der Waals surface area contributed by atoms with Gasteiger partial charge >= 0.3 is 0 Å². The van der Waals surface area contributed by atoms with Crippen LogP contribution in [0.1, 0.15) is 29.8 Å². The first-order valence-electron chi connectivity index (χ1n) is 8.73. The zero-order valence-electron chi connectivity index (χ0n) is 15.1. The van der Waals surface area contributed by atoms with Crippen LogP contribution >= 0.6 is 0 Å². The molecule has 0 radical (unpaired) electrons. The molecule has 0 saturated carbocycles. The average Bonchev–Trinajstić information content (AvgIpc) is 3.13. The number of hydrogen-bond acceptors (Lipinski definition) is 3. The Labute approximate surface area is 147 Å². The van der Waals surface area contributed by atoms with Gasteiger partial charge in [0.15, 0.2) is 0 Å². The average molecular weight is 339 g/mol. The van der Waals surface area contributed by atoms with Crippen LogP contribution in [0, 0.1) is 20.8 Å². The molecule has 25 heavy (non-hydrogen) atoms. The maximum atomic E-state index is 12.1. The quantitative estimate of drug-likeness (QED) is 0.673. The molecular formula is C19H25N5O. The van der Waals surface area contributed by atoms with Crippen molar-refractivity contribution in [1.82, 2.24) is 24.9 Å². The summed E-state index contributed by atoms with van der Waals surface area (Å²) in [7, 11) is 0. The Bertz CT molecular complexity index is 877. The predicted octanol–water partition coefficient (Wildman–Crippen LogP) is 2.75. The van der Waals surface area contributed by atoms with Crippen LogP contribution in [0.4, 0.5) is 0 Å². The molecule has 0 bridgehead atoms. The van der Waals surface area contributed by atoms with Gasteiger partial charge < -0.3 is 5.32 Å². The van der Waals surface area contributed by atoms with Crippen molar-refractivity contribution in [3.05, 3.63) is 47.4 Å². The third-order valence-electron chi connectivity index (χ3n) is 4.39. The Hall–Kier alpha value is -2.63. The number of nitrogens with zero attached hydrogens (tertiary/aromatic N) is 4. The molecule has 0 aliphatic carbocycles. The lowest BCUT2D eigenvalue weighted by atomic mass is 10.2. The Morgan fingerprint density at radius 3 is 2.76 bits per heavy atom. The smallest absolute Gasteiger partial charge is 0.221 e. The summed E-state index contributed by atoms with van der Waals surface area (Å²) in [5.41, 5.74) is 4.48. The van der Waals surface area contributed by atoms with Gasteiger partial charge in [-0.3, -0.25) is 14.2 Å². The Morgan fingerprint density at radius 2 is 2.00 bits per heavy atom. The van der Waals surface area contributed by atoms with Gasteiger partial charge in [-0.15, -0.1) is 0 Å². The van der Waals surface area contributed by atoms with E-state index in [0.717, 1.165) is 35.3 Å². The SMILES string of the molecule is Cc1cc(C)n(CCCNC(=O)CCn2ncc3cccc(C)c32)n1. The van der Waals surface area contributed by atoms with Gasteiger partial charge in [-0.1, -0.05) is 18.2 Å². The summed E-state index contributed by atoms with van der Waals surface area (Å²) >= 11 is 0. The van der Waals surface area contributed by atoms with E-state index in [1.54, 1.807) is 0 Å². The zero-order valence-corrected chi connectivity index (χ0v) is 15.1. The summed E-state index contributed by atoms with van der Waals surface area (Å²) in [4.78, 5) is 12.1. The second-order valence-electron chi connectivity index (χ2n) is 6.48. The molecule has 0 fully saturated rings. The number of aryl methyl sites for hydroxylation is 5. The van der Waals surface area contributed by atoms with E-state index in [2.05, 4.69) is 41.5 Å². The van der Waals surface area contributed by atoms with Crippen LogP contribution in [-0.2, 0) is 17.9 Å². The number of nitrogens with one attached hydrogen (secondary N) is 1. The van der Waals surface area contributed by atoms with Crippen LogP contribution < -0.4 is 5.32 Å². The minimum Gasteiger partial charge on any atom is -0.356 e. The molecule has 3 aromatic rings. The van der Waals surface area contributed by atoms with Gasteiger partial charge in [-0.05, 0) is 38.8 Å². The van der Waals surface area contributed by atoms with Crippen molar-refractivity contribution in [2.24, 2.45) is 0 Å². The summed E-state index contributed by atoms with van der Waals surface area (Å²) in [5.74, 6) is 0.0607. The van der Waals surface area contributed by atoms with Gasteiger partial charge in [0.05, 0.1) is 24.0 Å². The summed E-state index contributed by atoms with van der Waals surface area (Å²) in [5, 5.41) is 12.9. The second-order valence-corrected chi connectivity index (χ2v) is 6.48. The number of para-hydroxylation sites is 1. The molecule has 0 aliphatic rings. The van der Waals surface area contributed by atoms with Crippen molar-refractivity contribution >= 4 is 16.8 Å². The highest BCUT2D eigenvalue weighted by Gasteiger charge is 2.08. The third kappa shape index (κ3) is 4.07. The van der Waals surface area contributed by atoms with Gasteiger partial charge in [0.1, 0.15) is 0 Å². The van der Waals surface area contributed by atoms with E-state index in [1.165, 1.54) is 5.56 Å². The molecule has 0 spiro atoms. The molecule has 2 heterocycles. The van der Waals surface area contributed by atoms with Crippen molar-refractivity contribution in [2.45, 2.75) is 46.7 Å². The van der Waals surface area contributed by atoms with E-state index in [-0.39, 0.29) is 5.91 Å². The van der Waals surface area contributed by atoms with Crippen molar-refractivity contribution < 1.29 is 4.79 Å². The van der Waals surface area contributed by atoms with E-state index in [4.69, 9.17) is 0 Å². The summed E-state index contributed by atoms with van der Waals surface area (Å²) in [6, 6.07) is 8.21. The minimum absolute atomic E-state index is 0.0607. The fraction of sp³-hybridized carbons (Fsp3) is 0.421. The first-order valence-corrected chi connectivity index (χ1v) is 8.73. The molecule has 2 aromatic heterocycles. The summed E-state index contributed by atoms with van der Waals surface area (Å²) in [6.07, 6.45) is 3.16. The van der Waals surface area contributed by atoms with Crippen LogP contribution in [-0.4, -0.2) is 32.0 Å². The molecule has 6 nitrogen and oxygen atoms in total. The molecule has 0 unspecified atom stereocenters. The number of amides is 1. The molecule has 0 saturated heterocycles. The van der Waals surface area contributed by atoms with Crippen LogP contribution in [0.15, 0.2) is 30.5 Å². The van der Waals surface area contributed by atoms with Crippen molar-refractivity contribution in [2.75, 3.05) is 6.54 Å². The third-order valence-corrected chi connectivity index (χ3v) is 4.39.